The minimum absolute atomic E-state index is 0.0586. The Morgan fingerprint density at radius 2 is 1.70 bits per heavy atom. The molecule has 5 heteroatoms. The van der Waals surface area contributed by atoms with Crippen LogP contribution in [0.2, 0.25) is 0 Å². The molecule has 1 heterocycles. The van der Waals surface area contributed by atoms with Crippen LogP contribution in [0, 0.1) is 5.41 Å². The third-order valence-corrected chi connectivity index (χ3v) is 7.25. The first-order chi connectivity index (χ1) is 16.1. The van der Waals surface area contributed by atoms with Gasteiger partial charge in [-0.3, -0.25) is 9.59 Å². The Kier molecular flexibility index (Phi) is 10.1. The van der Waals surface area contributed by atoms with Crippen molar-refractivity contribution < 1.29 is 19.1 Å². The molecule has 1 fully saturated rings. The van der Waals surface area contributed by atoms with Gasteiger partial charge >= 0.3 is 0 Å². The van der Waals surface area contributed by atoms with Crippen molar-refractivity contribution in [1.29, 1.82) is 0 Å². The van der Waals surface area contributed by atoms with E-state index in [1.807, 2.05) is 6.92 Å². The van der Waals surface area contributed by atoms with E-state index < -0.39 is 0 Å². The number of unbranched alkanes of at least 4 members (excludes halogenated alkanes) is 7. The number of benzene rings is 1. The number of nitrogens with one attached hydrogen (secondary N) is 1. The van der Waals surface area contributed by atoms with Gasteiger partial charge in [-0.05, 0) is 37.8 Å². The number of carbonyl (C=O) groups is 2. The molecule has 2 aliphatic rings. The minimum atomic E-state index is -0.314. The van der Waals surface area contributed by atoms with Crippen LogP contribution in [0.15, 0.2) is 12.1 Å². The van der Waals surface area contributed by atoms with E-state index in [1.165, 1.54) is 44.9 Å². The fourth-order valence-electron chi connectivity index (χ4n) is 5.25. The first-order valence-electron chi connectivity index (χ1n) is 13.4. The predicted octanol–water partition coefficient (Wildman–Crippen LogP) is 7.47. The smallest absolute Gasteiger partial charge is 0.230 e. The number of Topliss-reactive ketones (excluding diaryl/α,β-unsaturated/α-hetero) is 1. The van der Waals surface area contributed by atoms with E-state index in [0.29, 0.717) is 42.4 Å². The highest BCUT2D eigenvalue weighted by atomic mass is 16.5. The number of hydrogen-bond donors (Lipinski definition) is 1. The molecule has 1 aromatic carbocycles. The normalized spacial score (nSPS) is 16.8. The molecule has 33 heavy (non-hydrogen) atoms. The average molecular weight is 458 g/mol. The van der Waals surface area contributed by atoms with Crippen molar-refractivity contribution in [2.75, 3.05) is 18.5 Å². The van der Waals surface area contributed by atoms with Crippen LogP contribution in [-0.2, 0) is 4.79 Å². The summed E-state index contributed by atoms with van der Waals surface area (Å²) in [6, 6.07) is 3.57. The highest BCUT2D eigenvalue weighted by Crippen LogP contribution is 2.46. The first kappa shape index (κ1) is 25.6. The summed E-state index contributed by atoms with van der Waals surface area (Å²) in [4.78, 5) is 26.1. The molecule has 0 saturated heterocycles. The van der Waals surface area contributed by atoms with E-state index >= 15 is 0 Å². The molecule has 1 aromatic rings. The van der Waals surface area contributed by atoms with Crippen molar-refractivity contribution in [2.24, 2.45) is 5.41 Å². The fraction of sp³-hybridized carbons (Fsp3) is 0.714. The van der Waals surface area contributed by atoms with Gasteiger partial charge in [0.25, 0.3) is 0 Å². The van der Waals surface area contributed by atoms with Gasteiger partial charge in [0.15, 0.2) is 11.5 Å². The van der Waals surface area contributed by atoms with Gasteiger partial charge in [0.05, 0.1) is 18.8 Å². The van der Waals surface area contributed by atoms with Crippen LogP contribution in [0.25, 0.3) is 0 Å². The van der Waals surface area contributed by atoms with Crippen LogP contribution in [0.5, 0.6) is 11.5 Å². The summed E-state index contributed by atoms with van der Waals surface area (Å²) in [6.45, 7) is 5.20. The lowest BCUT2D eigenvalue weighted by atomic mass is 9.79. The lowest BCUT2D eigenvalue weighted by molar-refractivity contribution is -0.125. The van der Waals surface area contributed by atoms with E-state index in [1.54, 1.807) is 12.1 Å². The summed E-state index contributed by atoms with van der Waals surface area (Å²) in [7, 11) is 0. The van der Waals surface area contributed by atoms with Crippen molar-refractivity contribution in [3.63, 3.8) is 0 Å². The second-order valence-electron chi connectivity index (χ2n) is 9.85. The number of ketones is 1. The summed E-state index contributed by atoms with van der Waals surface area (Å²) in [6.07, 6.45) is 16.4. The second-order valence-corrected chi connectivity index (χ2v) is 9.85. The molecule has 1 aliphatic carbocycles. The number of fused-ring (bicyclic) bond motifs is 1. The van der Waals surface area contributed by atoms with Crippen molar-refractivity contribution in [2.45, 2.75) is 110 Å². The molecule has 3 rings (SSSR count). The van der Waals surface area contributed by atoms with Gasteiger partial charge in [-0.25, -0.2) is 0 Å². The summed E-state index contributed by atoms with van der Waals surface area (Å²) in [5.74, 6) is 1.20. The lowest BCUT2D eigenvalue weighted by Crippen LogP contribution is -2.34. The molecule has 1 amide bonds. The maximum absolute atomic E-state index is 13.7. The maximum atomic E-state index is 13.7. The maximum Gasteiger partial charge on any atom is 0.230 e. The van der Waals surface area contributed by atoms with Crippen LogP contribution >= 0.6 is 0 Å². The minimum Gasteiger partial charge on any atom is -0.491 e. The molecular weight excluding hydrogens is 414 g/mol. The Hall–Kier alpha value is -2.04. The highest BCUT2D eigenvalue weighted by molar-refractivity contribution is 6.05. The van der Waals surface area contributed by atoms with Gasteiger partial charge in [0.2, 0.25) is 5.91 Å². The van der Waals surface area contributed by atoms with Crippen molar-refractivity contribution in [3.05, 3.63) is 17.7 Å². The number of anilines is 1. The molecule has 5 nitrogen and oxygen atoms in total. The number of amides is 1. The zero-order chi connectivity index (χ0) is 23.5. The summed E-state index contributed by atoms with van der Waals surface area (Å²) in [5.41, 5.74) is 0.774. The van der Waals surface area contributed by atoms with E-state index in [4.69, 9.17) is 9.47 Å². The number of ether oxygens (including phenoxy) is 2. The Bertz CT molecular complexity index is 782. The van der Waals surface area contributed by atoms with Gasteiger partial charge in [-0.1, -0.05) is 78.1 Å². The Balaban J connectivity index is 1.67. The van der Waals surface area contributed by atoms with Gasteiger partial charge < -0.3 is 14.8 Å². The third kappa shape index (κ3) is 6.74. The highest BCUT2D eigenvalue weighted by Gasteiger charge is 2.41. The number of carbonyl (C=O) groups excluding carboxylic acids is 2. The lowest BCUT2D eigenvalue weighted by Gasteiger charge is -2.29. The van der Waals surface area contributed by atoms with Crippen molar-refractivity contribution in [1.82, 2.24) is 0 Å². The summed E-state index contributed by atoms with van der Waals surface area (Å²) in [5, 5.41) is 3.18. The topological polar surface area (TPSA) is 64.6 Å². The SMILES string of the molecule is CCCCCCCCCCC1(C(=O)Nc2c(OCCC)ccc3c2OCCC3=O)CCCC1. The largest absolute Gasteiger partial charge is 0.491 e. The van der Waals surface area contributed by atoms with Gasteiger partial charge in [-0.2, -0.15) is 0 Å². The number of hydrogen-bond acceptors (Lipinski definition) is 4. The summed E-state index contributed by atoms with van der Waals surface area (Å²) < 4.78 is 11.8. The standard InChI is InChI=1S/C28H43NO4/c1-3-5-6-7-8-9-10-11-17-28(18-12-13-19-28)27(31)29-25-24(32-20-4-2)15-14-22-23(30)16-21-33-26(22)25/h14-15H,3-13,16-21H2,1-2H3,(H,29,31). The molecule has 0 bridgehead atoms. The van der Waals surface area contributed by atoms with Crippen molar-refractivity contribution in [3.8, 4) is 11.5 Å². The van der Waals surface area contributed by atoms with Crippen LogP contribution in [0.3, 0.4) is 0 Å². The van der Waals surface area contributed by atoms with Crippen LogP contribution in [-0.4, -0.2) is 24.9 Å². The average Bonchev–Trinajstić information content (AvgIpc) is 3.31. The van der Waals surface area contributed by atoms with E-state index in [2.05, 4.69) is 12.2 Å². The molecule has 0 unspecified atom stereocenters. The summed E-state index contributed by atoms with van der Waals surface area (Å²) >= 11 is 0. The molecule has 1 N–H and O–H groups in total. The van der Waals surface area contributed by atoms with E-state index in [9.17, 15) is 9.59 Å². The molecule has 0 aromatic heterocycles. The molecule has 0 radical (unpaired) electrons. The predicted molar refractivity (Wildman–Crippen MR) is 133 cm³/mol. The molecule has 0 spiro atoms. The van der Waals surface area contributed by atoms with E-state index in [-0.39, 0.29) is 17.1 Å². The zero-order valence-corrected chi connectivity index (χ0v) is 20.8. The Morgan fingerprint density at radius 3 is 2.39 bits per heavy atom. The molecule has 0 atom stereocenters. The zero-order valence-electron chi connectivity index (χ0n) is 20.8. The quantitative estimate of drug-likeness (QED) is 0.294. The van der Waals surface area contributed by atoms with E-state index in [0.717, 1.165) is 44.9 Å². The van der Waals surface area contributed by atoms with Crippen LogP contribution in [0.1, 0.15) is 121 Å². The van der Waals surface area contributed by atoms with Gasteiger partial charge in [0, 0.05) is 11.8 Å². The molecule has 1 aliphatic heterocycles. The van der Waals surface area contributed by atoms with Gasteiger partial charge in [-0.15, -0.1) is 0 Å². The molecule has 184 valence electrons. The third-order valence-electron chi connectivity index (χ3n) is 7.25. The Labute approximate surface area is 200 Å². The van der Waals surface area contributed by atoms with Crippen molar-refractivity contribution >= 4 is 17.4 Å². The van der Waals surface area contributed by atoms with Crippen LogP contribution in [0.4, 0.5) is 5.69 Å². The number of rotatable bonds is 14. The second kappa shape index (κ2) is 13.0. The van der Waals surface area contributed by atoms with Crippen LogP contribution < -0.4 is 14.8 Å². The molecular formula is C28H43NO4. The fourth-order valence-corrected chi connectivity index (χ4v) is 5.25. The monoisotopic (exact) mass is 457 g/mol. The molecule has 1 saturated carbocycles. The first-order valence-corrected chi connectivity index (χ1v) is 13.4. The van der Waals surface area contributed by atoms with Gasteiger partial charge in [0.1, 0.15) is 11.4 Å². The Morgan fingerprint density at radius 1 is 1.00 bits per heavy atom.